The molecule has 10 rings (SSSR count). The maximum atomic E-state index is 4.18. The van der Waals surface area contributed by atoms with E-state index in [-0.39, 0.29) is 282 Å². The summed E-state index contributed by atoms with van der Waals surface area (Å²) in [4.78, 5) is 16.3. The van der Waals surface area contributed by atoms with Crippen molar-refractivity contribution in [2.75, 3.05) is 0 Å². The maximum absolute atomic E-state index is 4.18. The van der Waals surface area contributed by atoms with Crippen molar-refractivity contribution in [1.29, 1.82) is 0 Å². The molecule has 0 saturated heterocycles. The van der Waals surface area contributed by atoms with Gasteiger partial charge < -0.3 is 0 Å². The molecule has 0 fully saturated rings. The van der Waals surface area contributed by atoms with Crippen molar-refractivity contribution >= 4 is 49.6 Å². The highest BCUT2D eigenvalue weighted by Crippen LogP contribution is 2.17. The Morgan fingerprint density at radius 2 is 0.494 bits per heavy atom. The van der Waals surface area contributed by atoms with Gasteiger partial charge in [0.2, 0.25) is 0 Å². The highest BCUT2D eigenvalue weighted by molar-refractivity contribution is 5.82. The Bertz CT molecular complexity index is 1860. The smallest absolute Gasteiger partial charge is 0.159 e. The van der Waals surface area contributed by atoms with Crippen LogP contribution < -0.4 is 0 Å². The van der Waals surface area contributed by atoms with Crippen molar-refractivity contribution in [3.8, 4) is 0 Å². The molecule has 0 amide bonds. The van der Waals surface area contributed by atoms with E-state index in [0.717, 1.165) is 23.0 Å². The van der Waals surface area contributed by atoms with Crippen LogP contribution in [0.3, 0.4) is 0 Å². The Morgan fingerprint density at radius 3 is 0.828 bits per heavy atom. The minimum atomic E-state index is 0. The van der Waals surface area contributed by atoms with E-state index in [2.05, 4.69) is 129 Å². The first kappa shape index (κ1) is 226. The van der Waals surface area contributed by atoms with Crippen LogP contribution in [0.2, 0.25) is 0 Å². The van der Waals surface area contributed by atoms with Gasteiger partial charge in [-0.05, 0) is 81.6 Å². The van der Waals surface area contributed by atoms with Crippen LogP contribution in [0.4, 0.5) is 0 Å². The molecule has 1 aliphatic carbocycles. The van der Waals surface area contributed by atoms with E-state index in [1.54, 1.807) is 12.4 Å². The van der Waals surface area contributed by atoms with Gasteiger partial charge in [-0.2, -0.15) is 0 Å². The summed E-state index contributed by atoms with van der Waals surface area (Å²) in [7, 11) is 0. The summed E-state index contributed by atoms with van der Waals surface area (Å²) in [6, 6.07) is 55.3. The van der Waals surface area contributed by atoms with Crippen LogP contribution in [-0.2, 0) is 6.42 Å². The zero-order chi connectivity index (χ0) is 33.4. The summed E-state index contributed by atoms with van der Waals surface area (Å²) in [6.07, 6.45) is 14.5. The number of nitrogens with zero attached hydrogens (tertiary/aromatic N) is 4. The SMILES string of the molecule is C.C.C.C.C.C.C.C.C.C.C.C.C.C.C.C.C.C.C.C.C.C.C.C.C.C.C.C.C.C.C.C.C.C.C.C.C.C.C1=Cc2ccccc2C1.c1ccc2ccccc2c1.c1ccc2cnccc2c1.c1ccc2ncccc2c1.c1cnc2ncccc2c1. The number of fused-ring (bicyclic) bond motifs is 5. The molecule has 4 nitrogen and oxygen atoms in total. The molecule has 0 saturated carbocycles. The quantitative estimate of drug-likeness (QED) is 0.152. The van der Waals surface area contributed by atoms with Crippen LogP contribution in [-0.4, -0.2) is 19.9 Å². The fourth-order valence-corrected chi connectivity index (χ4v) is 5.28. The lowest BCUT2D eigenvalue weighted by Gasteiger charge is -1.93. The standard InChI is InChI=1S/C10H8.2C9H7N.C9H8.C8H6N2.38CH4/c1-2-6-10-8-4-3-7-9(10)5-1;1-2-6-9-8(4-1)5-3-7-10-9;1-2-4-9-7-10-6-5-8(9)3-1;1-2-5-9-7-3-6-8(9)4-1;1-3-7-4-2-6-10-8(7)9-5-1;;;;;;;;;;;;;;;;;;;;;;;;;;;;;;;;;;;;;;/h1-8H;2*1-7H;1-6H,7H2;1-6H;38*1H4. The first-order valence-electron chi connectivity index (χ1n) is 16.3. The molecule has 540 valence electrons. The third kappa shape index (κ3) is 70.1. The average molecular weight is 1240 g/mol. The molecule has 4 heterocycles. The maximum Gasteiger partial charge on any atom is 0.159 e. The number of aromatic nitrogens is 4. The van der Waals surface area contributed by atoms with Gasteiger partial charge in [0.05, 0.1) is 5.52 Å². The van der Waals surface area contributed by atoms with Gasteiger partial charge in [-0.25, -0.2) is 9.97 Å². The van der Waals surface area contributed by atoms with Crippen molar-refractivity contribution in [3.05, 3.63) is 212 Å². The van der Waals surface area contributed by atoms with Crippen LogP contribution in [0, 0.1) is 0 Å². The third-order valence-corrected chi connectivity index (χ3v) is 7.79. The Hall–Kier alpha value is -6.52. The second kappa shape index (κ2) is 125. The third-order valence-electron chi connectivity index (χ3n) is 7.79. The highest BCUT2D eigenvalue weighted by atomic mass is 14.8. The van der Waals surface area contributed by atoms with E-state index >= 15 is 0 Å². The van der Waals surface area contributed by atoms with Crippen molar-refractivity contribution in [2.45, 2.75) is 289 Å². The number of pyridine rings is 4. The minimum Gasteiger partial charge on any atom is -0.264 e. The Labute approximate surface area is 567 Å². The first-order valence-corrected chi connectivity index (χ1v) is 16.3. The summed E-state index contributed by atoms with van der Waals surface area (Å²) >= 11 is 0. The molecule has 5 aromatic carbocycles. The number of allylic oxidation sites excluding steroid dienone is 1. The lowest BCUT2D eigenvalue weighted by atomic mass is 10.1. The van der Waals surface area contributed by atoms with Crippen molar-refractivity contribution in [1.82, 2.24) is 19.9 Å². The second-order valence-electron chi connectivity index (χ2n) is 11.1. The monoisotopic (exact) mass is 1240 g/mol. The molecule has 4 heteroatoms. The van der Waals surface area contributed by atoms with Gasteiger partial charge in [-0.15, -0.1) is 0 Å². The molecule has 0 atom stereocenters. The number of hydrogen-bond acceptors (Lipinski definition) is 4. The summed E-state index contributed by atoms with van der Waals surface area (Å²) in [5.74, 6) is 0. The lowest BCUT2D eigenvalue weighted by Crippen LogP contribution is -1.78. The van der Waals surface area contributed by atoms with Gasteiger partial charge in [-0.1, -0.05) is 416 Å². The molecular weight excluding hydrogens is 1050 g/mol. The van der Waals surface area contributed by atoms with Gasteiger partial charge >= 0.3 is 0 Å². The van der Waals surface area contributed by atoms with Crippen LogP contribution in [0.5, 0.6) is 0 Å². The highest BCUT2D eigenvalue weighted by Gasteiger charge is 2.00. The second-order valence-corrected chi connectivity index (χ2v) is 11.1. The van der Waals surface area contributed by atoms with E-state index < -0.39 is 0 Å². The number of hydrogen-bond donors (Lipinski definition) is 0. The van der Waals surface area contributed by atoms with Crippen molar-refractivity contribution < 1.29 is 0 Å². The molecule has 0 N–H and O–H groups in total. The van der Waals surface area contributed by atoms with Gasteiger partial charge in [0.25, 0.3) is 0 Å². The molecule has 4 aromatic heterocycles. The molecule has 1 aliphatic rings. The van der Waals surface area contributed by atoms with Gasteiger partial charge in [0.1, 0.15) is 0 Å². The Balaban J connectivity index is -0.0000000122. The molecule has 0 radical (unpaired) electrons. The van der Waals surface area contributed by atoms with Crippen LogP contribution in [0.1, 0.15) is 293 Å². The normalized spacial score (nSPS) is 6.02. The van der Waals surface area contributed by atoms with Crippen molar-refractivity contribution in [3.63, 3.8) is 0 Å². The molecule has 0 spiro atoms. The van der Waals surface area contributed by atoms with E-state index in [0.29, 0.717) is 0 Å². The first-order chi connectivity index (χ1) is 24.3. The van der Waals surface area contributed by atoms with E-state index in [1.165, 1.54) is 38.1 Å². The van der Waals surface area contributed by atoms with E-state index in [1.807, 2.05) is 85.3 Å². The van der Waals surface area contributed by atoms with E-state index in [4.69, 9.17) is 0 Å². The molecule has 0 aliphatic heterocycles. The molecule has 0 unspecified atom stereocenters. The Morgan fingerprint density at radius 1 is 0.218 bits per heavy atom. The number of rotatable bonds is 0. The van der Waals surface area contributed by atoms with Gasteiger partial charge in [-0.3, -0.25) is 9.97 Å². The zero-order valence-corrected chi connectivity index (χ0v) is 27.1. The summed E-state index contributed by atoms with van der Waals surface area (Å²) in [5.41, 5.74) is 4.71. The van der Waals surface area contributed by atoms with Gasteiger partial charge in [0, 0.05) is 41.8 Å². The van der Waals surface area contributed by atoms with Gasteiger partial charge in [0.15, 0.2) is 5.65 Å². The minimum absolute atomic E-state index is 0. The topological polar surface area (TPSA) is 51.6 Å². The Kier molecular flexibility index (Phi) is 325. The molecule has 9 aromatic rings. The molecular formula is C83H188N4. The fourth-order valence-electron chi connectivity index (χ4n) is 5.28. The molecule has 87 heavy (non-hydrogen) atoms. The fraction of sp³-hybridized carbons (Fsp3) is 0.470. The number of para-hydroxylation sites is 1. The van der Waals surface area contributed by atoms with E-state index in [9.17, 15) is 0 Å². The summed E-state index contributed by atoms with van der Waals surface area (Å²) < 4.78 is 0. The predicted octanol–water partition coefficient (Wildman–Crippen LogP) is 35.4. The predicted molar refractivity (Wildman–Crippen MR) is 462 cm³/mol. The van der Waals surface area contributed by atoms with Crippen LogP contribution in [0.15, 0.2) is 201 Å². The summed E-state index contributed by atoms with van der Waals surface area (Å²) in [6.45, 7) is 0. The zero-order valence-electron chi connectivity index (χ0n) is 27.1. The number of benzene rings is 5. The lowest BCUT2D eigenvalue weighted by molar-refractivity contribution is 1.29. The summed E-state index contributed by atoms with van der Waals surface area (Å²) in [5, 5.41) is 7.35. The van der Waals surface area contributed by atoms with Crippen LogP contribution in [0.25, 0.3) is 49.6 Å². The average Bonchev–Trinajstić information content (AvgIpc) is 3.69. The van der Waals surface area contributed by atoms with Crippen LogP contribution >= 0.6 is 0 Å². The largest absolute Gasteiger partial charge is 0.264 e. The molecule has 0 bridgehead atoms. The van der Waals surface area contributed by atoms with Crippen molar-refractivity contribution in [2.24, 2.45) is 0 Å².